The number of hydrogen-bond acceptors (Lipinski definition) is 8. The first-order valence-electron chi connectivity index (χ1n) is 12.3. The van der Waals surface area contributed by atoms with Crippen molar-refractivity contribution < 1.29 is 27.8 Å². The van der Waals surface area contributed by atoms with E-state index in [0.717, 1.165) is 5.56 Å². The Balaban J connectivity index is 1.63. The Morgan fingerprint density at radius 1 is 1.24 bits per heavy atom. The molecule has 0 radical (unpaired) electrons. The second-order valence-corrected chi connectivity index (χ2v) is 16.4. The number of aromatic nitrogens is 3. The van der Waals surface area contributed by atoms with Gasteiger partial charge in [-0.1, -0.05) is 20.8 Å². The zero-order valence-electron chi connectivity index (χ0n) is 22.6. The van der Waals surface area contributed by atoms with E-state index in [1.54, 1.807) is 25.0 Å². The first-order valence-corrected chi connectivity index (χ1v) is 16.0. The second-order valence-electron chi connectivity index (χ2n) is 10.8. The first-order chi connectivity index (χ1) is 17.9. The molecule has 1 aromatic carbocycles. The lowest BCUT2D eigenvalue weighted by atomic mass is 10.1. The third-order valence-corrected chi connectivity index (χ3v) is 12.4. The predicted octanol–water partition coefficient (Wildman–Crippen LogP) is 5.65. The minimum absolute atomic E-state index is 0.151. The van der Waals surface area contributed by atoms with Crippen molar-refractivity contribution in [3.05, 3.63) is 40.8 Å². The Hall–Kier alpha value is -2.54. The minimum atomic E-state index is -2.37. The lowest BCUT2D eigenvalue weighted by molar-refractivity contribution is -0.122. The smallest absolute Gasteiger partial charge is 0.192 e. The molecule has 0 saturated carbocycles. The number of rotatable bonds is 9. The van der Waals surface area contributed by atoms with Crippen LogP contribution in [0.25, 0.3) is 11.0 Å². The van der Waals surface area contributed by atoms with Crippen molar-refractivity contribution in [3.63, 3.8) is 0 Å². The molecule has 206 valence electrons. The van der Waals surface area contributed by atoms with Crippen LogP contribution in [0, 0.1) is 0 Å². The van der Waals surface area contributed by atoms with Crippen LogP contribution in [-0.4, -0.2) is 61.7 Å². The minimum Gasteiger partial charge on any atom is -0.497 e. The molecule has 0 spiro atoms. The van der Waals surface area contributed by atoms with Crippen LogP contribution < -0.4 is 14.8 Å². The van der Waals surface area contributed by atoms with E-state index in [1.165, 1.54) is 6.33 Å². The number of ether oxygens (including phenoxy) is 3. The molecule has 4 rings (SSSR count). The average molecular weight is 610 g/mol. The average Bonchev–Trinajstić information content (AvgIpc) is 3.38. The van der Waals surface area contributed by atoms with E-state index in [9.17, 15) is 4.79 Å². The Bertz CT molecular complexity index is 1310. The van der Waals surface area contributed by atoms with E-state index in [-0.39, 0.29) is 5.04 Å². The van der Waals surface area contributed by atoms with Gasteiger partial charge in [0.25, 0.3) is 0 Å². The maximum Gasteiger partial charge on any atom is 0.192 e. The maximum atomic E-state index is 15.9. The highest BCUT2D eigenvalue weighted by Gasteiger charge is 2.51. The summed E-state index contributed by atoms with van der Waals surface area (Å²) < 4.78 is 41.2. The molecule has 3 aromatic rings. The summed E-state index contributed by atoms with van der Waals surface area (Å²) in [6.45, 7) is 10.7. The first kappa shape index (κ1) is 28.5. The molecule has 9 nitrogen and oxygen atoms in total. The number of anilines is 1. The summed E-state index contributed by atoms with van der Waals surface area (Å²) in [4.78, 5) is 20.7. The van der Waals surface area contributed by atoms with Gasteiger partial charge in [0.05, 0.1) is 19.6 Å². The summed E-state index contributed by atoms with van der Waals surface area (Å²) in [5.41, 5.74) is 1.36. The second kappa shape index (κ2) is 10.9. The SMILES string of the molecule is COc1ccc(CNc2ncnc3c2c(Br)cn3[C@@H]2O[C@H](C=O)[C@@H](O[Si](C)(C)C(C)(C)C)[C@@H]2F)c(OC)c1. The number of benzene rings is 1. The van der Waals surface area contributed by atoms with E-state index in [1.807, 2.05) is 31.3 Å². The quantitative estimate of drug-likeness (QED) is 0.246. The van der Waals surface area contributed by atoms with Gasteiger partial charge in [-0.3, -0.25) is 0 Å². The van der Waals surface area contributed by atoms with Crippen LogP contribution in [0.3, 0.4) is 0 Å². The standard InChI is InChI=1S/C26H34BrFN4O5Si/c1-26(2,3)38(6,7)37-22-19(13-33)36-25(21(22)28)32-12-17(27)20-23(30-14-31-24(20)32)29-11-15-8-9-16(34-4)10-18(15)35-5/h8-10,12-14,19,21-22,25H,11H2,1-7H3,(H,29,30,31)/t19-,21+,22-,25-/m1/s1. The van der Waals surface area contributed by atoms with Crippen molar-refractivity contribution in [1.82, 2.24) is 14.5 Å². The molecule has 12 heteroatoms. The molecule has 38 heavy (non-hydrogen) atoms. The number of aldehydes is 1. The van der Waals surface area contributed by atoms with Gasteiger partial charge in [-0.2, -0.15) is 0 Å². The Morgan fingerprint density at radius 2 is 1.97 bits per heavy atom. The fourth-order valence-corrected chi connectivity index (χ4v) is 6.06. The highest BCUT2D eigenvalue weighted by Crippen LogP contribution is 2.43. The lowest BCUT2D eigenvalue weighted by Gasteiger charge is -2.39. The lowest BCUT2D eigenvalue weighted by Crippen LogP contribution is -2.48. The van der Waals surface area contributed by atoms with Gasteiger partial charge in [-0.15, -0.1) is 0 Å². The summed E-state index contributed by atoms with van der Waals surface area (Å²) in [7, 11) is 0.832. The summed E-state index contributed by atoms with van der Waals surface area (Å²) in [6.07, 6.45) is -0.961. The van der Waals surface area contributed by atoms with E-state index in [2.05, 4.69) is 52.0 Å². The Morgan fingerprint density at radius 3 is 2.61 bits per heavy atom. The molecule has 1 aliphatic heterocycles. The van der Waals surface area contributed by atoms with E-state index in [0.29, 0.717) is 45.7 Å². The van der Waals surface area contributed by atoms with Crippen molar-refractivity contribution in [3.8, 4) is 11.5 Å². The predicted molar refractivity (Wildman–Crippen MR) is 149 cm³/mol. The molecular weight excluding hydrogens is 575 g/mol. The number of carbonyl (C=O) groups is 1. The third-order valence-electron chi connectivity index (χ3n) is 7.36. The molecule has 0 aliphatic carbocycles. The molecule has 0 bridgehead atoms. The zero-order chi connectivity index (χ0) is 27.8. The van der Waals surface area contributed by atoms with Gasteiger partial charge in [0.1, 0.15) is 41.5 Å². The molecule has 1 saturated heterocycles. The number of hydrogen-bond donors (Lipinski definition) is 1. The molecule has 1 N–H and O–H groups in total. The zero-order valence-corrected chi connectivity index (χ0v) is 25.2. The fourth-order valence-electron chi connectivity index (χ4n) is 4.18. The molecule has 0 amide bonds. The van der Waals surface area contributed by atoms with Crippen molar-refractivity contribution >= 4 is 47.4 Å². The molecule has 2 aromatic heterocycles. The van der Waals surface area contributed by atoms with Gasteiger partial charge in [-0.05, 0) is 46.2 Å². The number of carbonyl (C=O) groups excluding carboxylic acids is 1. The Labute approximate surface area is 231 Å². The van der Waals surface area contributed by atoms with Gasteiger partial charge >= 0.3 is 0 Å². The number of methoxy groups -OCH3 is 2. The summed E-state index contributed by atoms with van der Waals surface area (Å²) in [6, 6.07) is 5.57. The number of halogens is 2. The van der Waals surface area contributed by atoms with Crippen molar-refractivity contribution in [2.75, 3.05) is 19.5 Å². The summed E-state index contributed by atoms with van der Waals surface area (Å²) >= 11 is 3.58. The van der Waals surface area contributed by atoms with Crippen LogP contribution in [0.4, 0.5) is 10.2 Å². The maximum absolute atomic E-state index is 15.9. The highest BCUT2D eigenvalue weighted by atomic mass is 79.9. The van der Waals surface area contributed by atoms with Crippen LogP contribution in [-0.2, 0) is 20.5 Å². The number of alkyl halides is 1. The summed E-state index contributed by atoms with van der Waals surface area (Å²) in [5, 5.41) is 3.83. The molecule has 1 fully saturated rings. The fraction of sp³-hybridized carbons (Fsp3) is 0.500. The van der Waals surface area contributed by atoms with Gasteiger partial charge < -0.3 is 33.3 Å². The van der Waals surface area contributed by atoms with Crippen LogP contribution in [0.2, 0.25) is 18.1 Å². The number of nitrogens with zero attached hydrogens (tertiary/aromatic N) is 3. The molecule has 1 aliphatic rings. The molecule has 0 unspecified atom stereocenters. The van der Waals surface area contributed by atoms with Crippen molar-refractivity contribution in [1.29, 1.82) is 0 Å². The monoisotopic (exact) mass is 608 g/mol. The van der Waals surface area contributed by atoms with Gasteiger partial charge in [0, 0.05) is 28.8 Å². The number of fused-ring (bicyclic) bond motifs is 1. The van der Waals surface area contributed by atoms with Gasteiger partial charge in [0.15, 0.2) is 27.0 Å². The van der Waals surface area contributed by atoms with E-state index in [4.69, 9.17) is 18.6 Å². The van der Waals surface area contributed by atoms with E-state index >= 15 is 4.39 Å². The highest BCUT2D eigenvalue weighted by molar-refractivity contribution is 9.10. The van der Waals surface area contributed by atoms with Gasteiger partial charge in [-0.25, -0.2) is 14.4 Å². The summed E-state index contributed by atoms with van der Waals surface area (Å²) in [5.74, 6) is 1.91. The van der Waals surface area contributed by atoms with Crippen LogP contribution in [0.15, 0.2) is 35.2 Å². The van der Waals surface area contributed by atoms with Crippen molar-refractivity contribution in [2.45, 2.75) is 70.1 Å². The van der Waals surface area contributed by atoms with Crippen LogP contribution in [0.5, 0.6) is 11.5 Å². The van der Waals surface area contributed by atoms with Crippen LogP contribution >= 0.6 is 15.9 Å². The topological polar surface area (TPSA) is 96.7 Å². The van der Waals surface area contributed by atoms with Crippen molar-refractivity contribution in [2.24, 2.45) is 0 Å². The van der Waals surface area contributed by atoms with E-state index < -0.39 is 32.9 Å². The molecular formula is C26H34BrFN4O5Si. The number of nitrogens with one attached hydrogen (secondary N) is 1. The normalized spacial score (nSPS) is 22.0. The van der Waals surface area contributed by atoms with Gasteiger partial charge in [0.2, 0.25) is 0 Å². The third kappa shape index (κ3) is 5.31. The molecule has 3 heterocycles. The Kier molecular flexibility index (Phi) is 8.17. The van der Waals surface area contributed by atoms with Crippen LogP contribution in [0.1, 0.15) is 32.6 Å². The largest absolute Gasteiger partial charge is 0.497 e. The molecule has 4 atom stereocenters.